The Balaban J connectivity index is 2.43. The predicted molar refractivity (Wildman–Crippen MR) is 68.6 cm³/mol. The van der Waals surface area contributed by atoms with E-state index < -0.39 is 11.8 Å². The van der Waals surface area contributed by atoms with Gasteiger partial charge in [0.2, 0.25) is 11.5 Å². The van der Waals surface area contributed by atoms with Crippen molar-refractivity contribution in [2.24, 2.45) is 0 Å². The van der Waals surface area contributed by atoms with Crippen LogP contribution in [0.5, 0.6) is 11.5 Å². The van der Waals surface area contributed by atoms with E-state index in [0.29, 0.717) is 11.5 Å². The summed E-state index contributed by atoms with van der Waals surface area (Å²) in [4.78, 5) is 23.1. The first-order valence-electron chi connectivity index (χ1n) is 5.66. The third-order valence-electron chi connectivity index (χ3n) is 2.69. The maximum atomic E-state index is 12.3. The normalized spacial score (nSPS) is 10.1. The first-order valence-corrected chi connectivity index (χ1v) is 5.66. The molecule has 0 aliphatic rings. The first-order chi connectivity index (χ1) is 9.56. The number of carboxylic acid groups (broad SMARTS) is 1. The third kappa shape index (κ3) is 2.49. The molecule has 6 heteroatoms. The fourth-order valence-electron chi connectivity index (χ4n) is 1.70. The zero-order valence-corrected chi connectivity index (χ0v) is 10.9. The smallest absolute Gasteiger partial charge is 0.371 e. The molecular weight excluding hydrogens is 264 g/mol. The van der Waals surface area contributed by atoms with Gasteiger partial charge in [0.15, 0.2) is 5.76 Å². The number of ether oxygens (including phenoxy) is 2. The van der Waals surface area contributed by atoms with Gasteiger partial charge in [0.25, 0.3) is 0 Å². The lowest BCUT2D eigenvalue weighted by molar-refractivity contribution is 0.0660. The molecule has 0 radical (unpaired) electrons. The molecule has 0 aliphatic carbocycles. The zero-order valence-electron chi connectivity index (χ0n) is 10.9. The number of carboxylic acids is 1. The first kappa shape index (κ1) is 13.7. The number of hydrogen-bond acceptors (Lipinski definition) is 5. The van der Waals surface area contributed by atoms with Crippen LogP contribution in [0.2, 0.25) is 0 Å². The summed E-state index contributed by atoms with van der Waals surface area (Å²) in [7, 11) is 2.91. The number of furan rings is 1. The van der Waals surface area contributed by atoms with Crippen LogP contribution < -0.4 is 9.47 Å². The van der Waals surface area contributed by atoms with Crippen LogP contribution in [0.1, 0.15) is 26.7 Å². The lowest BCUT2D eigenvalue weighted by atomic mass is 10.1. The fourth-order valence-corrected chi connectivity index (χ4v) is 1.70. The SMILES string of the molecule is COc1ccc(OC)c(C(=O)c2ccc(C(=O)O)o2)c1. The predicted octanol–water partition coefficient (Wildman–Crippen LogP) is 2.23. The molecule has 0 unspecified atom stereocenters. The maximum absolute atomic E-state index is 12.3. The van der Waals surface area contributed by atoms with Gasteiger partial charge in [0.05, 0.1) is 19.8 Å². The van der Waals surface area contributed by atoms with E-state index in [1.165, 1.54) is 32.4 Å². The Morgan fingerprint density at radius 3 is 2.30 bits per heavy atom. The molecule has 6 nitrogen and oxygen atoms in total. The Labute approximate surface area is 114 Å². The van der Waals surface area contributed by atoms with Crippen molar-refractivity contribution >= 4 is 11.8 Å². The summed E-state index contributed by atoms with van der Waals surface area (Å²) >= 11 is 0. The molecule has 104 valence electrons. The van der Waals surface area contributed by atoms with Crippen LogP contribution in [0.4, 0.5) is 0 Å². The van der Waals surface area contributed by atoms with Gasteiger partial charge >= 0.3 is 5.97 Å². The van der Waals surface area contributed by atoms with Gasteiger partial charge in [-0.25, -0.2) is 4.79 Å². The van der Waals surface area contributed by atoms with Crippen molar-refractivity contribution in [2.45, 2.75) is 0 Å². The Bertz CT molecular complexity index is 655. The monoisotopic (exact) mass is 276 g/mol. The van der Waals surface area contributed by atoms with E-state index in [0.717, 1.165) is 0 Å². The molecule has 1 heterocycles. The maximum Gasteiger partial charge on any atom is 0.371 e. The molecule has 1 aromatic carbocycles. The van der Waals surface area contributed by atoms with Gasteiger partial charge < -0.3 is 19.0 Å². The van der Waals surface area contributed by atoms with Crippen molar-refractivity contribution in [3.8, 4) is 11.5 Å². The molecule has 1 N–H and O–H groups in total. The number of carbonyl (C=O) groups is 2. The molecule has 2 aromatic rings. The zero-order chi connectivity index (χ0) is 14.7. The second kappa shape index (κ2) is 5.48. The standard InChI is InChI=1S/C14H12O6/c1-18-8-3-4-10(19-2)9(7-8)13(15)11-5-6-12(20-11)14(16)17/h3-7H,1-2H3,(H,16,17). The number of ketones is 1. The van der Waals surface area contributed by atoms with Gasteiger partial charge in [-0.3, -0.25) is 4.79 Å². The Kier molecular flexibility index (Phi) is 3.74. The van der Waals surface area contributed by atoms with Crippen LogP contribution >= 0.6 is 0 Å². The summed E-state index contributed by atoms with van der Waals surface area (Å²) in [6, 6.07) is 7.28. The summed E-state index contributed by atoms with van der Waals surface area (Å²) in [6.07, 6.45) is 0. The summed E-state index contributed by atoms with van der Waals surface area (Å²) < 4.78 is 15.1. The highest BCUT2D eigenvalue weighted by Crippen LogP contribution is 2.27. The highest BCUT2D eigenvalue weighted by atomic mass is 16.5. The number of aromatic carboxylic acids is 1. The number of carbonyl (C=O) groups excluding carboxylic acids is 1. The fraction of sp³-hybridized carbons (Fsp3) is 0.143. The summed E-state index contributed by atoms with van der Waals surface area (Å²) in [5.41, 5.74) is 0.234. The Morgan fingerprint density at radius 2 is 1.75 bits per heavy atom. The minimum absolute atomic E-state index is 0.0750. The quantitative estimate of drug-likeness (QED) is 0.843. The van der Waals surface area contributed by atoms with Crippen LogP contribution in [0, 0.1) is 0 Å². The molecule has 0 fully saturated rings. The van der Waals surface area contributed by atoms with Gasteiger partial charge in [-0.1, -0.05) is 0 Å². The van der Waals surface area contributed by atoms with Gasteiger partial charge in [-0.15, -0.1) is 0 Å². The van der Waals surface area contributed by atoms with E-state index in [4.69, 9.17) is 19.0 Å². The molecule has 0 atom stereocenters. The molecule has 2 rings (SSSR count). The van der Waals surface area contributed by atoms with Crippen LogP contribution in [-0.4, -0.2) is 31.1 Å². The number of rotatable bonds is 5. The second-order valence-corrected chi connectivity index (χ2v) is 3.86. The van der Waals surface area contributed by atoms with Crippen molar-refractivity contribution in [1.82, 2.24) is 0 Å². The summed E-state index contributed by atoms with van der Waals surface area (Å²) in [5.74, 6) is -1.25. The molecule has 20 heavy (non-hydrogen) atoms. The second-order valence-electron chi connectivity index (χ2n) is 3.86. The van der Waals surface area contributed by atoms with Crippen LogP contribution in [0.15, 0.2) is 34.7 Å². The van der Waals surface area contributed by atoms with Crippen molar-refractivity contribution in [1.29, 1.82) is 0 Å². The van der Waals surface area contributed by atoms with E-state index in [-0.39, 0.29) is 17.1 Å². The molecule has 0 bridgehead atoms. The van der Waals surface area contributed by atoms with Crippen molar-refractivity contribution < 1.29 is 28.6 Å². The van der Waals surface area contributed by atoms with Crippen LogP contribution in [-0.2, 0) is 0 Å². The summed E-state index contributed by atoms with van der Waals surface area (Å²) in [5, 5.41) is 8.78. The highest BCUT2D eigenvalue weighted by Gasteiger charge is 2.20. The lowest BCUT2D eigenvalue weighted by Gasteiger charge is -2.08. The number of hydrogen-bond donors (Lipinski definition) is 1. The Hall–Kier alpha value is -2.76. The number of methoxy groups -OCH3 is 2. The van der Waals surface area contributed by atoms with E-state index in [2.05, 4.69) is 0 Å². The minimum atomic E-state index is -1.23. The number of benzene rings is 1. The topological polar surface area (TPSA) is 86.0 Å². The highest BCUT2D eigenvalue weighted by molar-refractivity contribution is 6.09. The van der Waals surface area contributed by atoms with Gasteiger partial charge in [0.1, 0.15) is 11.5 Å². The molecule has 0 saturated heterocycles. The average molecular weight is 276 g/mol. The van der Waals surface area contributed by atoms with Crippen molar-refractivity contribution in [3.05, 3.63) is 47.4 Å². The average Bonchev–Trinajstić information content (AvgIpc) is 2.95. The summed E-state index contributed by atoms with van der Waals surface area (Å²) in [6.45, 7) is 0. The molecule has 0 aliphatic heterocycles. The molecule has 0 amide bonds. The molecular formula is C14H12O6. The largest absolute Gasteiger partial charge is 0.497 e. The minimum Gasteiger partial charge on any atom is -0.497 e. The Morgan fingerprint density at radius 1 is 1.05 bits per heavy atom. The van der Waals surface area contributed by atoms with Crippen molar-refractivity contribution in [2.75, 3.05) is 14.2 Å². The molecule has 1 aromatic heterocycles. The van der Waals surface area contributed by atoms with E-state index in [1.54, 1.807) is 12.1 Å². The van der Waals surface area contributed by atoms with Crippen LogP contribution in [0.25, 0.3) is 0 Å². The third-order valence-corrected chi connectivity index (χ3v) is 2.69. The van der Waals surface area contributed by atoms with Gasteiger partial charge in [-0.05, 0) is 30.3 Å². The lowest BCUT2D eigenvalue weighted by Crippen LogP contribution is -2.03. The molecule has 0 spiro atoms. The van der Waals surface area contributed by atoms with Gasteiger partial charge in [-0.2, -0.15) is 0 Å². The van der Waals surface area contributed by atoms with E-state index in [1.807, 2.05) is 0 Å². The van der Waals surface area contributed by atoms with Gasteiger partial charge in [0, 0.05) is 0 Å². The molecule has 0 saturated carbocycles. The van der Waals surface area contributed by atoms with E-state index in [9.17, 15) is 9.59 Å². The van der Waals surface area contributed by atoms with E-state index >= 15 is 0 Å². The van der Waals surface area contributed by atoms with Crippen molar-refractivity contribution in [3.63, 3.8) is 0 Å². The van der Waals surface area contributed by atoms with Crippen LogP contribution in [0.3, 0.4) is 0 Å².